The van der Waals surface area contributed by atoms with Gasteiger partial charge in [0.15, 0.2) is 5.78 Å². The lowest BCUT2D eigenvalue weighted by Gasteiger charge is -2.72. The maximum atomic E-state index is 14.3. The molecule has 6 rings (SSSR count). The summed E-state index contributed by atoms with van der Waals surface area (Å²) in [4.78, 5) is 54.8. The van der Waals surface area contributed by atoms with E-state index in [1.807, 2.05) is 38.1 Å². The van der Waals surface area contributed by atoms with Gasteiger partial charge in [-0.25, -0.2) is 0 Å². The Morgan fingerprint density at radius 3 is 2.14 bits per heavy atom. The lowest BCUT2D eigenvalue weighted by Crippen LogP contribution is -2.66. The molecule has 57 heavy (non-hydrogen) atoms. The Morgan fingerprint density at radius 1 is 0.895 bits per heavy atom. The highest BCUT2D eigenvalue weighted by Crippen LogP contribution is 2.77. The molecule has 316 valence electrons. The fraction of sp³-hybridized carbons (Fsp3) is 0.750. The van der Waals surface area contributed by atoms with Gasteiger partial charge in [0.25, 0.3) is 0 Å². The predicted octanol–water partition coefficient (Wildman–Crippen LogP) is 10.1. The number of aliphatic hydroxyl groups excluding tert-OH is 1. The van der Waals surface area contributed by atoms with Gasteiger partial charge in [0.1, 0.15) is 6.10 Å². The minimum atomic E-state index is -1.18. The molecule has 0 aliphatic heterocycles. The first kappa shape index (κ1) is 43.9. The van der Waals surface area contributed by atoms with Crippen LogP contribution in [0.4, 0.5) is 0 Å². The number of hydrogen-bond acceptors (Lipinski definition) is 6. The smallest absolute Gasteiger partial charge is 0.309 e. The Hall–Kier alpha value is -2.71. The van der Waals surface area contributed by atoms with Crippen LogP contribution in [0.25, 0.3) is 0 Å². The molecule has 0 saturated heterocycles. The lowest BCUT2D eigenvalue weighted by molar-refractivity contribution is -0.235. The number of esters is 1. The molecule has 0 aromatic heterocycles. The van der Waals surface area contributed by atoms with E-state index >= 15 is 0 Å². The Morgan fingerprint density at radius 2 is 1.54 bits per heavy atom. The number of allylic oxidation sites excluding steroid dienone is 1. The fourth-order valence-corrected chi connectivity index (χ4v) is 13.8. The number of hydrogen-bond donors (Lipinski definition) is 2. The van der Waals surface area contributed by atoms with Crippen LogP contribution in [0.3, 0.4) is 0 Å². The Bertz CT molecular complexity index is 1800. The van der Waals surface area contributed by atoms with Gasteiger partial charge >= 0.3 is 11.9 Å². The third kappa shape index (κ3) is 7.12. The number of aliphatic carboxylic acids is 1. The molecule has 9 atom stereocenters. The first-order chi connectivity index (χ1) is 26.4. The van der Waals surface area contributed by atoms with Crippen molar-refractivity contribution in [2.24, 2.45) is 62.1 Å². The van der Waals surface area contributed by atoms with Crippen molar-refractivity contribution in [3.8, 4) is 0 Å². The van der Waals surface area contributed by atoms with Crippen LogP contribution >= 0.6 is 11.6 Å². The minimum Gasteiger partial charge on any atom is -0.481 e. The standard InChI is InChI=1S/C48H70ClNO7/c1-28(2)39-33(51)24-48(36(52)27-50(41(54)29(3)4)26-30-12-14-31(49)15-13-30)23-22-46(10)32(40(39)48)16-17-35-45(9)20-19-37(57-38(53)25-43(5,6)42(55)56)44(7,8)34(45)18-21-47(35,46)11/h12-15,28-29,32,34-37,52H,16-27H2,1-11H3,(H,55,56). The highest BCUT2D eigenvalue weighted by atomic mass is 35.5. The maximum absolute atomic E-state index is 14.3. The summed E-state index contributed by atoms with van der Waals surface area (Å²) in [5, 5.41) is 22.9. The van der Waals surface area contributed by atoms with Crippen molar-refractivity contribution in [2.75, 3.05) is 6.54 Å². The average Bonchev–Trinajstić information content (AvgIpc) is 3.43. The summed E-state index contributed by atoms with van der Waals surface area (Å²) in [6.45, 7) is 23.7. The van der Waals surface area contributed by atoms with Crippen molar-refractivity contribution in [1.82, 2.24) is 4.90 Å². The Balaban J connectivity index is 1.30. The van der Waals surface area contributed by atoms with Gasteiger partial charge in [0.2, 0.25) is 5.91 Å². The summed E-state index contributed by atoms with van der Waals surface area (Å²) < 4.78 is 6.18. The molecule has 0 spiro atoms. The molecule has 0 bridgehead atoms. The molecule has 9 unspecified atom stereocenters. The average molecular weight is 809 g/mol. The van der Waals surface area contributed by atoms with Crippen LogP contribution < -0.4 is 0 Å². The number of carboxylic acid groups (broad SMARTS) is 1. The molecule has 1 amide bonds. The number of ether oxygens (including phenoxy) is 1. The van der Waals surface area contributed by atoms with Gasteiger partial charge in [0, 0.05) is 41.3 Å². The van der Waals surface area contributed by atoms with Crippen molar-refractivity contribution < 1.29 is 34.1 Å². The van der Waals surface area contributed by atoms with Crippen LogP contribution in [0, 0.1) is 62.1 Å². The van der Waals surface area contributed by atoms with E-state index in [9.17, 15) is 29.4 Å². The number of carboxylic acids is 1. The highest BCUT2D eigenvalue weighted by molar-refractivity contribution is 6.30. The molecule has 5 aliphatic rings. The number of carbonyl (C=O) groups excluding carboxylic acids is 3. The highest BCUT2D eigenvalue weighted by Gasteiger charge is 2.71. The zero-order valence-corrected chi connectivity index (χ0v) is 37.4. The predicted molar refractivity (Wildman–Crippen MR) is 223 cm³/mol. The van der Waals surface area contributed by atoms with Gasteiger partial charge in [-0.2, -0.15) is 0 Å². The number of amides is 1. The molecule has 1 aromatic carbocycles. The first-order valence-corrected chi connectivity index (χ1v) is 22.2. The van der Waals surface area contributed by atoms with Crippen LogP contribution in [-0.2, 0) is 30.5 Å². The second-order valence-electron chi connectivity index (χ2n) is 21.6. The third-order valence-electron chi connectivity index (χ3n) is 17.0. The van der Waals surface area contributed by atoms with E-state index in [2.05, 4.69) is 48.5 Å². The van der Waals surface area contributed by atoms with E-state index in [0.717, 1.165) is 56.1 Å². The zero-order chi connectivity index (χ0) is 42.3. The topological polar surface area (TPSA) is 121 Å². The van der Waals surface area contributed by atoms with Crippen molar-refractivity contribution in [3.05, 3.63) is 46.0 Å². The fourth-order valence-electron chi connectivity index (χ4n) is 13.7. The number of rotatable bonds is 11. The molecule has 0 heterocycles. The van der Waals surface area contributed by atoms with E-state index < -0.39 is 28.9 Å². The number of fused-ring (bicyclic) bond motifs is 7. The van der Waals surface area contributed by atoms with Crippen LogP contribution in [0.15, 0.2) is 35.4 Å². The monoisotopic (exact) mass is 807 g/mol. The van der Waals surface area contributed by atoms with Crippen molar-refractivity contribution in [1.29, 1.82) is 0 Å². The number of nitrogens with zero attached hydrogens (tertiary/aromatic N) is 1. The second-order valence-corrected chi connectivity index (χ2v) is 22.0. The van der Waals surface area contributed by atoms with Crippen molar-refractivity contribution >= 4 is 35.2 Å². The van der Waals surface area contributed by atoms with Crippen LogP contribution in [0.2, 0.25) is 5.02 Å². The van der Waals surface area contributed by atoms with E-state index in [-0.39, 0.29) is 70.2 Å². The SMILES string of the molecule is CC(C)C(=O)N(Cc1ccc(Cl)cc1)CC(O)C12CCC3(C)C(CCC4C5(C)CCC(OC(=O)CC(C)(C)C(=O)O)C(C)(C)C5CCC43C)C1=C(C(C)C)C(=O)C2. The third-order valence-corrected chi connectivity index (χ3v) is 17.2. The van der Waals surface area contributed by atoms with Crippen LogP contribution in [-0.4, -0.2) is 57.5 Å². The molecule has 0 radical (unpaired) electrons. The van der Waals surface area contributed by atoms with E-state index in [1.165, 1.54) is 5.57 Å². The minimum absolute atomic E-state index is 0.0155. The molecule has 9 heteroatoms. The second kappa shape index (κ2) is 15.1. The quantitative estimate of drug-likeness (QED) is 0.214. The van der Waals surface area contributed by atoms with Crippen molar-refractivity contribution in [3.63, 3.8) is 0 Å². The number of aliphatic hydroxyl groups is 1. The number of ketones is 1. The van der Waals surface area contributed by atoms with E-state index in [1.54, 1.807) is 18.7 Å². The molecule has 4 saturated carbocycles. The van der Waals surface area contributed by atoms with Crippen LogP contribution in [0.1, 0.15) is 146 Å². The molecular formula is C48H70ClNO7. The zero-order valence-electron chi connectivity index (χ0n) is 36.6. The summed E-state index contributed by atoms with van der Waals surface area (Å²) in [5.41, 5.74) is 0.788. The van der Waals surface area contributed by atoms with E-state index in [0.29, 0.717) is 36.2 Å². The largest absolute Gasteiger partial charge is 0.481 e. The number of halogens is 1. The molecule has 4 fully saturated rings. The summed E-state index contributed by atoms with van der Waals surface area (Å²) in [7, 11) is 0. The summed E-state index contributed by atoms with van der Waals surface area (Å²) >= 11 is 6.19. The van der Waals surface area contributed by atoms with Gasteiger partial charge in [0.05, 0.1) is 17.9 Å². The van der Waals surface area contributed by atoms with Gasteiger partial charge in [-0.15, -0.1) is 0 Å². The summed E-state index contributed by atoms with van der Waals surface area (Å²) in [5.74, 6) is -0.598. The Kier molecular flexibility index (Phi) is 11.6. The van der Waals surface area contributed by atoms with Gasteiger partial charge in [-0.3, -0.25) is 19.2 Å². The van der Waals surface area contributed by atoms with Gasteiger partial charge < -0.3 is 19.8 Å². The maximum Gasteiger partial charge on any atom is 0.309 e. The number of Topliss-reactive ketones (excluding diaryl/α,β-unsaturated/α-hetero) is 1. The van der Waals surface area contributed by atoms with Gasteiger partial charge in [-0.05, 0) is 128 Å². The van der Waals surface area contributed by atoms with Crippen LogP contribution in [0.5, 0.6) is 0 Å². The molecule has 1 aromatic rings. The number of carbonyl (C=O) groups is 4. The summed E-state index contributed by atoms with van der Waals surface area (Å²) in [6.07, 6.45) is 6.32. The van der Waals surface area contributed by atoms with Gasteiger partial charge in [-0.1, -0.05) is 91.6 Å². The Labute approximate surface area is 346 Å². The molecule has 5 aliphatic carbocycles. The van der Waals surface area contributed by atoms with Crippen molar-refractivity contribution in [2.45, 2.75) is 159 Å². The molecule has 2 N–H and O–H groups in total. The normalized spacial score (nSPS) is 35.2. The molecular weight excluding hydrogens is 738 g/mol. The van der Waals surface area contributed by atoms with E-state index in [4.69, 9.17) is 16.3 Å². The first-order valence-electron chi connectivity index (χ1n) is 21.8. The molecule has 8 nitrogen and oxygen atoms in total. The number of benzene rings is 1. The summed E-state index contributed by atoms with van der Waals surface area (Å²) in [6, 6.07) is 7.52. The lowest BCUT2D eigenvalue weighted by atomic mass is 9.33.